The molecule has 0 amide bonds. The Morgan fingerprint density at radius 3 is 1.95 bits per heavy atom. The van der Waals surface area contributed by atoms with E-state index >= 15 is 0 Å². The van der Waals surface area contributed by atoms with Crippen LogP contribution in [0.2, 0.25) is 13.3 Å². The van der Waals surface area contributed by atoms with Gasteiger partial charge in [-0.1, -0.05) is 0 Å². The number of unbranched alkanes of at least 4 members (excludes halogenated alkanes) is 3. The maximum absolute atomic E-state index is 2.58. The van der Waals surface area contributed by atoms with E-state index < -0.39 is 18.4 Å². The molecule has 0 bridgehead atoms. The number of fused-ring (bicyclic) bond motifs is 1. The van der Waals surface area contributed by atoms with Crippen molar-refractivity contribution in [2.24, 2.45) is 0 Å². The summed E-state index contributed by atoms with van der Waals surface area (Å²) in [6.07, 6.45) is 12.7. The number of aryl methyl sites for hydroxylation is 1. The fraction of sp³-hybridized carbons (Fsp3) is 0.714. The van der Waals surface area contributed by atoms with Gasteiger partial charge in [0.15, 0.2) is 0 Å². The summed E-state index contributed by atoms with van der Waals surface area (Å²) in [5.74, 6) is 0. The van der Waals surface area contributed by atoms with E-state index in [-0.39, 0.29) is 0 Å². The summed E-state index contributed by atoms with van der Waals surface area (Å²) in [7, 11) is 0. The van der Waals surface area contributed by atoms with E-state index in [1.807, 2.05) is 9.14 Å². The second-order valence-electron chi connectivity index (χ2n) is 7.39. The molecule has 0 aromatic heterocycles. The van der Waals surface area contributed by atoms with Gasteiger partial charge in [-0.05, 0) is 0 Å². The van der Waals surface area contributed by atoms with Crippen molar-refractivity contribution in [3.63, 3.8) is 0 Å². The molecule has 0 unspecified atom stereocenters. The first-order valence-corrected chi connectivity index (χ1v) is 17.4. The van der Waals surface area contributed by atoms with Crippen molar-refractivity contribution in [3.8, 4) is 0 Å². The first-order valence-electron chi connectivity index (χ1n) is 9.88. The zero-order valence-electron chi connectivity index (χ0n) is 15.2. The predicted octanol–water partition coefficient (Wildman–Crippen LogP) is 6.23. The van der Waals surface area contributed by atoms with Crippen molar-refractivity contribution >= 4 is 22.0 Å². The van der Waals surface area contributed by atoms with Gasteiger partial charge in [0.05, 0.1) is 0 Å². The third-order valence-electron chi connectivity index (χ3n) is 5.74. The van der Waals surface area contributed by atoms with Gasteiger partial charge in [0.2, 0.25) is 0 Å². The van der Waals surface area contributed by atoms with Crippen LogP contribution in [-0.4, -0.2) is 18.4 Å². The number of benzene rings is 1. The van der Waals surface area contributed by atoms with Crippen LogP contribution in [0.25, 0.3) is 0 Å². The van der Waals surface area contributed by atoms with E-state index in [9.17, 15) is 0 Å². The predicted molar refractivity (Wildman–Crippen MR) is 103 cm³/mol. The average Bonchev–Trinajstić information content (AvgIpc) is 3.03. The Bertz CT molecular complexity index is 427. The molecule has 0 saturated heterocycles. The Morgan fingerprint density at radius 2 is 1.41 bits per heavy atom. The molecule has 0 saturated carbocycles. The Labute approximate surface area is 143 Å². The Kier molecular flexibility index (Phi) is 7.80. The molecule has 2 rings (SSSR count). The van der Waals surface area contributed by atoms with Gasteiger partial charge in [-0.25, -0.2) is 0 Å². The fourth-order valence-corrected chi connectivity index (χ4v) is 21.6. The maximum atomic E-state index is 2.58. The first-order chi connectivity index (χ1) is 10.8. The van der Waals surface area contributed by atoms with Crippen molar-refractivity contribution in [2.75, 3.05) is 0 Å². The minimum atomic E-state index is -2.19. The van der Waals surface area contributed by atoms with Crippen LogP contribution in [0.15, 0.2) is 18.2 Å². The summed E-state index contributed by atoms with van der Waals surface area (Å²) in [5, 5.41) is 0. The van der Waals surface area contributed by atoms with Crippen molar-refractivity contribution in [2.45, 2.75) is 91.9 Å². The quantitative estimate of drug-likeness (QED) is 0.404. The normalized spacial score (nSPS) is 14.3. The fourth-order valence-electron chi connectivity index (χ4n) is 4.44. The van der Waals surface area contributed by atoms with Crippen molar-refractivity contribution in [3.05, 3.63) is 29.3 Å². The summed E-state index contributed by atoms with van der Waals surface area (Å²) in [5.41, 5.74) is 3.55. The van der Waals surface area contributed by atoms with E-state index in [0.717, 1.165) is 0 Å². The molecule has 0 spiro atoms. The van der Waals surface area contributed by atoms with E-state index in [1.165, 1.54) is 57.8 Å². The Balaban J connectivity index is 2.37. The van der Waals surface area contributed by atoms with Gasteiger partial charge in [-0.3, -0.25) is 0 Å². The standard InChI is InChI=1S/C9H9.3C4H9.Sn/c1-2-5-9-7-3-6-8(9)4-1;3*1-3-4-2;/h1-2,4H,3,6-7H2;3*1,3-4H2,2H3;. The number of rotatable bonds is 10. The molecule has 1 aliphatic carbocycles. The molecule has 0 aliphatic heterocycles. The van der Waals surface area contributed by atoms with Gasteiger partial charge in [-0.15, -0.1) is 0 Å². The summed E-state index contributed by atoms with van der Waals surface area (Å²) in [6.45, 7) is 7.14. The van der Waals surface area contributed by atoms with Crippen LogP contribution in [-0.2, 0) is 12.8 Å². The van der Waals surface area contributed by atoms with E-state index in [0.29, 0.717) is 0 Å². The molecule has 0 heterocycles. The molecule has 124 valence electrons. The van der Waals surface area contributed by atoms with Crippen LogP contribution in [0.5, 0.6) is 0 Å². The van der Waals surface area contributed by atoms with Crippen LogP contribution >= 0.6 is 0 Å². The molecular formula is C21H36Sn. The molecule has 0 radical (unpaired) electrons. The molecule has 22 heavy (non-hydrogen) atoms. The van der Waals surface area contributed by atoms with Crippen LogP contribution in [0, 0.1) is 0 Å². The number of hydrogen-bond acceptors (Lipinski definition) is 0. The number of hydrogen-bond donors (Lipinski definition) is 0. The monoisotopic (exact) mass is 408 g/mol. The SMILES string of the molecule is CCC[CH2][Sn]([CH2]CCC)([CH2]CCC)[c]1cccc2c1CCC2. The van der Waals surface area contributed by atoms with Crippen LogP contribution < -0.4 is 3.58 Å². The van der Waals surface area contributed by atoms with Crippen LogP contribution in [0.4, 0.5) is 0 Å². The summed E-state index contributed by atoms with van der Waals surface area (Å²) < 4.78 is 6.80. The summed E-state index contributed by atoms with van der Waals surface area (Å²) in [4.78, 5) is 0. The zero-order chi connectivity index (χ0) is 15.8. The molecule has 0 N–H and O–H groups in total. The van der Waals surface area contributed by atoms with E-state index in [4.69, 9.17) is 0 Å². The van der Waals surface area contributed by atoms with Gasteiger partial charge >= 0.3 is 143 Å². The topological polar surface area (TPSA) is 0 Å². The van der Waals surface area contributed by atoms with Crippen molar-refractivity contribution in [1.29, 1.82) is 0 Å². The zero-order valence-corrected chi connectivity index (χ0v) is 18.1. The molecule has 1 aromatic carbocycles. The van der Waals surface area contributed by atoms with Crippen molar-refractivity contribution in [1.82, 2.24) is 0 Å². The molecule has 1 aliphatic rings. The Hall–Kier alpha value is 0.0187. The molecule has 1 heteroatoms. The Morgan fingerprint density at radius 1 is 0.818 bits per heavy atom. The molecule has 1 aromatic rings. The first kappa shape index (κ1) is 18.4. The molecular weight excluding hydrogens is 371 g/mol. The summed E-state index contributed by atoms with van der Waals surface area (Å²) in [6, 6.07) is 7.40. The van der Waals surface area contributed by atoms with Gasteiger partial charge in [0.1, 0.15) is 0 Å². The van der Waals surface area contributed by atoms with Crippen LogP contribution in [0.1, 0.15) is 76.8 Å². The van der Waals surface area contributed by atoms with Crippen molar-refractivity contribution < 1.29 is 0 Å². The molecule has 0 nitrogen and oxygen atoms in total. The average molecular weight is 407 g/mol. The van der Waals surface area contributed by atoms with E-state index in [1.54, 1.807) is 18.9 Å². The minimum absolute atomic E-state index is 1.35. The molecule has 0 fully saturated rings. The summed E-state index contributed by atoms with van der Waals surface area (Å²) >= 11 is -2.19. The van der Waals surface area contributed by atoms with Gasteiger partial charge in [-0.2, -0.15) is 0 Å². The molecule has 0 atom stereocenters. The third kappa shape index (κ3) is 4.30. The second kappa shape index (κ2) is 9.35. The van der Waals surface area contributed by atoms with Gasteiger partial charge in [0.25, 0.3) is 0 Å². The van der Waals surface area contributed by atoms with E-state index in [2.05, 4.69) is 39.0 Å². The second-order valence-corrected chi connectivity index (χ2v) is 20.5. The van der Waals surface area contributed by atoms with Gasteiger partial charge in [0, 0.05) is 0 Å². The third-order valence-corrected chi connectivity index (χ3v) is 21.6. The van der Waals surface area contributed by atoms with Crippen LogP contribution in [0.3, 0.4) is 0 Å². The van der Waals surface area contributed by atoms with Gasteiger partial charge < -0.3 is 0 Å².